The number of urea groups is 1. The van der Waals surface area contributed by atoms with Gasteiger partial charge >= 0.3 is 6.03 Å². The van der Waals surface area contributed by atoms with Crippen LogP contribution in [0.3, 0.4) is 0 Å². The lowest BCUT2D eigenvalue weighted by molar-refractivity contribution is -0.116. The van der Waals surface area contributed by atoms with E-state index in [-0.39, 0.29) is 12.3 Å². The molecule has 3 aromatic rings. The molecule has 8 nitrogen and oxygen atoms in total. The second kappa shape index (κ2) is 8.89. The number of hydrogen-bond acceptors (Lipinski definition) is 7. The number of hydrogen-bond donors (Lipinski definition) is 3. The summed E-state index contributed by atoms with van der Waals surface area (Å²) < 4.78 is 0. The van der Waals surface area contributed by atoms with Gasteiger partial charge in [-0.15, -0.1) is 21.5 Å². The summed E-state index contributed by atoms with van der Waals surface area (Å²) in [5.41, 5.74) is 1.31. The van der Waals surface area contributed by atoms with Crippen molar-refractivity contribution in [3.8, 4) is 0 Å². The molecular weight excluding hydrogens is 408 g/mol. The first-order valence-corrected chi connectivity index (χ1v) is 9.93. The summed E-state index contributed by atoms with van der Waals surface area (Å²) in [7, 11) is 0. The Morgan fingerprint density at radius 3 is 2.74 bits per heavy atom. The zero-order chi connectivity index (χ0) is 19.2. The number of aromatic nitrogens is 3. The fourth-order valence-corrected chi connectivity index (χ4v) is 3.61. The highest BCUT2D eigenvalue weighted by atomic mass is 35.5. The standard InChI is InChI=1S/C16H15ClN6O2S2/c1-9-22-23-16(27-9)20-13(24)6-5-12-8-26-15(19-12)21-14(25)18-11-4-2-3-10(17)7-11/h2-4,7-8H,5-6H2,1H3,(H,20,23,24)(H2,18,19,21,25). The van der Waals surface area contributed by atoms with Crippen LogP contribution in [0.25, 0.3) is 0 Å². The van der Waals surface area contributed by atoms with Gasteiger partial charge in [-0.3, -0.25) is 10.1 Å². The first-order valence-electron chi connectivity index (χ1n) is 7.86. The molecule has 0 aliphatic heterocycles. The molecule has 3 N–H and O–H groups in total. The van der Waals surface area contributed by atoms with Crippen LogP contribution in [0.2, 0.25) is 5.02 Å². The predicted molar refractivity (Wildman–Crippen MR) is 108 cm³/mol. The van der Waals surface area contributed by atoms with Crippen LogP contribution in [0.1, 0.15) is 17.1 Å². The van der Waals surface area contributed by atoms with Gasteiger partial charge in [-0.25, -0.2) is 9.78 Å². The van der Waals surface area contributed by atoms with Crippen LogP contribution in [0.4, 0.5) is 20.7 Å². The van der Waals surface area contributed by atoms with Gasteiger partial charge in [0.15, 0.2) is 5.13 Å². The summed E-state index contributed by atoms with van der Waals surface area (Å²) in [5.74, 6) is -0.160. The van der Waals surface area contributed by atoms with Crippen molar-refractivity contribution in [1.29, 1.82) is 0 Å². The third-order valence-corrected chi connectivity index (χ3v) is 5.03. The first-order chi connectivity index (χ1) is 13.0. The van der Waals surface area contributed by atoms with E-state index in [2.05, 4.69) is 31.1 Å². The molecule has 1 aromatic carbocycles. The minimum absolute atomic E-state index is 0.160. The number of nitrogens with zero attached hydrogens (tertiary/aromatic N) is 3. The maximum atomic E-state index is 12.0. The molecule has 3 amide bonds. The van der Waals surface area contributed by atoms with Gasteiger partial charge in [0.2, 0.25) is 11.0 Å². The Bertz CT molecular complexity index is 958. The van der Waals surface area contributed by atoms with Gasteiger partial charge in [-0.2, -0.15) is 0 Å². The summed E-state index contributed by atoms with van der Waals surface area (Å²) in [5, 5.41) is 19.8. The number of carbonyl (C=O) groups is 2. The molecule has 140 valence electrons. The van der Waals surface area contributed by atoms with Crippen LogP contribution in [0, 0.1) is 6.92 Å². The van der Waals surface area contributed by atoms with E-state index in [1.165, 1.54) is 22.7 Å². The van der Waals surface area contributed by atoms with Crippen LogP contribution >= 0.6 is 34.3 Å². The summed E-state index contributed by atoms with van der Waals surface area (Å²) >= 11 is 8.49. The number of amides is 3. The van der Waals surface area contributed by atoms with Gasteiger partial charge in [0, 0.05) is 22.5 Å². The molecule has 0 unspecified atom stereocenters. The van der Waals surface area contributed by atoms with Gasteiger partial charge in [-0.1, -0.05) is 29.0 Å². The number of aryl methyl sites for hydroxylation is 2. The molecule has 0 saturated carbocycles. The van der Waals surface area contributed by atoms with E-state index in [4.69, 9.17) is 11.6 Å². The number of benzene rings is 1. The normalized spacial score (nSPS) is 10.4. The SMILES string of the molecule is Cc1nnc(NC(=O)CCc2csc(NC(=O)Nc3cccc(Cl)c3)n2)s1. The van der Waals surface area contributed by atoms with E-state index >= 15 is 0 Å². The highest BCUT2D eigenvalue weighted by Gasteiger charge is 2.10. The average molecular weight is 423 g/mol. The maximum Gasteiger partial charge on any atom is 0.325 e. The van der Waals surface area contributed by atoms with Gasteiger partial charge in [0.05, 0.1) is 5.69 Å². The van der Waals surface area contributed by atoms with Crippen LogP contribution in [-0.4, -0.2) is 27.1 Å². The Balaban J connectivity index is 1.46. The predicted octanol–water partition coefficient (Wildman–Crippen LogP) is 4.17. The lowest BCUT2D eigenvalue weighted by Crippen LogP contribution is -2.19. The number of anilines is 3. The maximum absolute atomic E-state index is 12.0. The number of carbonyl (C=O) groups excluding carboxylic acids is 2. The van der Waals surface area contributed by atoms with E-state index in [1.54, 1.807) is 29.6 Å². The Morgan fingerprint density at radius 1 is 1.15 bits per heavy atom. The first kappa shape index (κ1) is 19.2. The molecule has 2 aromatic heterocycles. The van der Waals surface area contributed by atoms with Gasteiger partial charge in [0.25, 0.3) is 0 Å². The van der Waals surface area contributed by atoms with E-state index in [0.717, 1.165) is 10.7 Å². The van der Waals surface area contributed by atoms with Crippen LogP contribution < -0.4 is 16.0 Å². The smallest absolute Gasteiger partial charge is 0.308 e. The highest BCUT2D eigenvalue weighted by Crippen LogP contribution is 2.19. The van der Waals surface area contributed by atoms with E-state index in [0.29, 0.717) is 27.4 Å². The molecule has 2 heterocycles. The second-order valence-electron chi connectivity index (χ2n) is 5.41. The Morgan fingerprint density at radius 2 is 2.00 bits per heavy atom. The summed E-state index contributed by atoms with van der Waals surface area (Å²) in [6.07, 6.45) is 0.716. The molecule has 11 heteroatoms. The van der Waals surface area contributed by atoms with E-state index < -0.39 is 6.03 Å². The lowest BCUT2D eigenvalue weighted by atomic mass is 10.2. The Hall–Kier alpha value is -2.56. The largest absolute Gasteiger partial charge is 0.325 e. The zero-order valence-corrected chi connectivity index (χ0v) is 16.5. The highest BCUT2D eigenvalue weighted by molar-refractivity contribution is 7.15. The molecule has 0 fully saturated rings. The molecule has 3 rings (SSSR count). The van der Waals surface area contributed by atoms with Crippen molar-refractivity contribution in [2.45, 2.75) is 19.8 Å². The van der Waals surface area contributed by atoms with Crippen molar-refractivity contribution in [1.82, 2.24) is 15.2 Å². The van der Waals surface area contributed by atoms with Gasteiger partial charge < -0.3 is 10.6 Å². The second-order valence-corrected chi connectivity index (χ2v) is 7.88. The third kappa shape index (κ3) is 5.98. The van der Waals surface area contributed by atoms with Crippen molar-refractivity contribution in [3.63, 3.8) is 0 Å². The molecule has 0 spiro atoms. The monoisotopic (exact) mass is 422 g/mol. The number of nitrogens with one attached hydrogen (secondary N) is 3. The number of halogens is 1. The van der Waals surface area contributed by atoms with Crippen molar-refractivity contribution < 1.29 is 9.59 Å². The zero-order valence-electron chi connectivity index (χ0n) is 14.2. The van der Waals surface area contributed by atoms with Crippen molar-refractivity contribution >= 4 is 62.2 Å². The summed E-state index contributed by atoms with van der Waals surface area (Å²) in [6.45, 7) is 1.82. The molecule has 0 aliphatic rings. The van der Waals surface area contributed by atoms with Crippen molar-refractivity contribution in [2.24, 2.45) is 0 Å². The van der Waals surface area contributed by atoms with Crippen LogP contribution in [0.15, 0.2) is 29.6 Å². The number of thiazole rings is 1. The quantitative estimate of drug-likeness (QED) is 0.552. The van der Waals surface area contributed by atoms with Crippen molar-refractivity contribution in [2.75, 3.05) is 16.0 Å². The van der Waals surface area contributed by atoms with Crippen LogP contribution in [-0.2, 0) is 11.2 Å². The molecule has 0 bridgehead atoms. The molecule has 0 atom stereocenters. The van der Waals surface area contributed by atoms with Gasteiger partial charge in [0.1, 0.15) is 5.01 Å². The van der Waals surface area contributed by atoms with Crippen LogP contribution in [0.5, 0.6) is 0 Å². The topological polar surface area (TPSA) is 109 Å². The molecule has 0 aliphatic carbocycles. The number of rotatable bonds is 6. The molecule has 0 radical (unpaired) electrons. The summed E-state index contributed by atoms with van der Waals surface area (Å²) in [4.78, 5) is 28.2. The third-order valence-electron chi connectivity index (χ3n) is 3.24. The fourth-order valence-electron chi connectivity index (χ4n) is 2.08. The van der Waals surface area contributed by atoms with E-state index in [1.807, 2.05) is 6.92 Å². The molecular formula is C16H15ClN6O2S2. The molecule has 0 saturated heterocycles. The van der Waals surface area contributed by atoms with E-state index in [9.17, 15) is 9.59 Å². The lowest BCUT2D eigenvalue weighted by Gasteiger charge is -2.05. The average Bonchev–Trinajstić information content (AvgIpc) is 3.22. The minimum atomic E-state index is -0.414. The minimum Gasteiger partial charge on any atom is -0.308 e. The van der Waals surface area contributed by atoms with Gasteiger partial charge in [-0.05, 0) is 31.5 Å². The Labute approximate surface area is 168 Å². The molecule has 27 heavy (non-hydrogen) atoms. The van der Waals surface area contributed by atoms with Crippen molar-refractivity contribution in [3.05, 3.63) is 45.4 Å². The Kier molecular flexibility index (Phi) is 6.32. The fraction of sp³-hybridized carbons (Fsp3) is 0.188. The summed E-state index contributed by atoms with van der Waals surface area (Å²) in [6, 6.07) is 6.43.